The Labute approximate surface area is 155 Å². The summed E-state index contributed by atoms with van der Waals surface area (Å²) in [6, 6.07) is 9.79. The monoisotopic (exact) mass is 372 g/mol. The van der Waals surface area contributed by atoms with E-state index in [9.17, 15) is 4.79 Å². The lowest BCUT2D eigenvalue weighted by Crippen LogP contribution is -2.35. The number of nitrogens with one attached hydrogen (secondary N) is 1. The van der Waals surface area contributed by atoms with E-state index in [1.807, 2.05) is 35.7 Å². The van der Waals surface area contributed by atoms with Crippen molar-refractivity contribution in [1.29, 1.82) is 0 Å². The van der Waals surface area contributed by atoms with Crippen LogP contribution < -0.4 is 5.32 Å². The lowest BCUT2D eigenvalue weighted by Gasteiger charge is -2.25. The highest BCUT2D eigenvalue weighted by atomic mass is 32.1. The molecule has 0 radical (unpaired) electrons. The first kappa shape index (κ1) is 17.1. The molecule has 0 spiro atoms. The van der Waals surface area contributed by atoms with Gasteiger partial charge in [-0.25, -0.2) is 4.98 Å². The number of rotatable bonds is 5. The van der Waals surface area contributed by atoms with Crippen molar-refractivity contribution in [2.24, 2.45) is 5.16 Å². The molecule has 1 aromatic heterocycles. The maximum atomic E-state index is 12.4. The second kappa shape index (κ2) is 7.94. The minimum Gasteiger partial charge on any atom is -0.387 e. The van der Waals surface area contributed by atoms with Gasteiger partial charge in [-0.3, -0.25) is 15.0 Å². The highest BCUT2D eigenvalue weighted by molar-refractivity contribution is 7.14. The fourth-order valence-corrected chi connectivity index (χ4v) is 3.65. The molecule has 2 aliphatic rings. The van der Waals surface area contributed by atoms with Crippen LogP contribution in [0.25, 0.3) is 0 Å². The van der Waals surface area contributed by atoms with Crippen molar-refractivity contribution in [3.63, 3.8) is 0 Å². The molecule has 1 unspecified atom stereocenters. The maximum absolute atomic E-state index is 12.4. The molecular weight excluding hydrogens is 352 g/mol. The van der Waals surface area contributed by atoms with Gasteiger partial charge in [0.25, 0.3) is 5.91 Å². The number of hydrogen-bond donors (Lipinski definition) is 1. The van der Waals surface area contributed by atoms with E-state index in [0.717, 1.165) is 44.1 Å². The minimum atomic E-state index is -0.254. The molecule has 0 saturated carbocycles. The first-order chi connectivity index (χ1) is 12.8. The van der Waals surface area contributed by atoms with Crippen LogP contribution in [0.5, 0.6) is 0 Å². The Morgan fingerprint density at radius 3 is 2.88 bits per heavy atom. The van der Waals surface area contributed by atoms with E-state index in [0.29, 0.717) is 17.3 Å². The number of benzene rings is 1. The number of carbonyl (C=O) groups is 1. The lowest BCUT2D eigenvalue weighted by atomic mass is 10.0. The standard InChI is InChI=1S/C18H20N4O3S/c23-17(15-10-16(25-21-15)13-4-2-1-3-5-13)20-18-19-14(12-26-18)11-22-6-8-24-9-7-22/h1-5,12,16H,6-11H2,(H,19,20,23). The van der Waals surface area contributed by atoms with E-state index in [1.54, 1.807) is 0 Å². The lowest BCUT2D eigenvalue weighted by molar-refractivity contribution is -0.110. The molecule has 136 valence electrons. The van der Waals surface area contributed by atoms with Gasteiger partial charge in [0.15, 0.2) is 11.2 Å². The Kier molecular flexibility index (Phi) is 5.24. The van der Waals surface area contributed by atoms with Crippen molar-refractivity contribution < 1.29 is 14.4 Å². The van der Waals surface area contributed by atoms with Crippen LogP contribution in [0, 0.1) is 0 Å². The molecule has 1 atom stereocenters. The molecule has 0 aliphatic carbocycles. The van der Waals surface area contributed by atoms with Gasteiger partial charge < -0.3 is 9.57 Å². The summed E-state index contributed by atoms with van der Waals surface area (Å²) in [5.74, 6) is -0.254. The number of oxime groups is 1. The molecule has 0 bridgehead atoms. The predicted octanol–water partition coefficient (Wildman–Crippen LogP) is 2.43. The summed E-state index contributed by atoms with van der Waals surface area (Å²) in [6.07, 6.45) is 0.257. The minimum absolute atomic E-state index is 0.204. The molecule has 4 rings (SSSR count). The third kappa shape index (κ3) is 4.09. The number of nitrogens with zero attached hydrogens (tertiary/aromatic N) is 3. The number of amides is 1. The van der Waals surface area contributed by atoms with Gasteiger partial charge in [0.1, 0.15) is 5.71 Å². The zero-order chi connectivity index (χ0) is 17.8. The fourth-order valence-electron chi connectivity index (χ4n) is 2.95. The smallest absolute Gasteiger partial charge is 0.275 e. The van der Waals surface area contributed by atoms with Crippen molar-refractivity contribution in [3.8, 4) is 0 Å². The summed E-state index contributed by atoms with van der Waals surface area (Å²) in [7, 11) is 0. The molecule has 2 aliphatic heterocycles. The molecule has 7 nitrogen and oxygen atoms in total. The van der Waals surface area contributed by atoms with Crippen molar-refractivity contribution in [1.82, 2.24) is 9.88 Å². The molecule has 1 aromatic carbocycles. The molecule has 3 heterocycles. The van der Waals surface area contributed by atoms with Crippen molar-refractivity contribution in [3.05, 3.63) is 47.0 Å². The van der Waals surface area contributed by atoms with E-state index in [2.05, 4.69) is 20.4 Å². The van der Waals surface area contributed by atoms with Crippen LogP contribution in [-0.2, 0) is 20.9 Å². The second-order valence-electron chi connectivity index (χ2n) is 6.23. The topological polar surface area (TPSA) is 76.1 Å². The molecule has 2 aromatic rings. The Morgan fingerprint density at radius 1 is 1.27 bits per heavy atom. The van der Waals surface area contributed by atoms with Crippen LogP contribution in [0.1, 0.15) is 23.8 Å². The quantitative estimate of drug-likeness (QED) is 0.872. The van der Waals surface area contributed by atoms with Crippen LogP contribution in [0.15, 0.2) is 40.9 Å². The van der Waals surface area contributed by atoms with E-state index >= 15 is 0 Å². The van der Waals surface area contributed by atoms with E-state index in [-0.39, 0.29) is 12.0 Å². The summed E-state index contributed by atoms with van der Waals surface area (Å²) in [6.45, 7) is 4.12. The van der Waals surface area contributed by atoms with E-state index in [4.69, 9.17) is 9.57 Å². The van der Waals surface area contributed by atoms with E-state index in [1.165, 1.54) is 11.3 Å². The van der Waals surface area contributed by atoms with Gasteiger partial charge in [0, 0.05) is 31.4 Å². The maximum Gasteiger partial charge on any atom is 0.275 e. The van der Waals surface area contributed by atoms with Gasteiger partial charge in [-0.1, -0.05) is 35.5 Å². The Bertz CT molecular complexity index is 787. The Balaban J connectivity index is 1.31. The van der Waals surface area contributed by atoms with Crippen molar-refractivity contribution in [2.75, 3.05) is 31.6 Å². The number of carbonyl (C=O) groups excluding carboxylic acids is 1. The van der Waals surface area contributed by atoms with Gasteiger partial charge in [-0.05, 0) is 5.56 Å². The van der Waals surface area contributed by atoms with Crippen LogP contribution in [0.3, 0.4) is 0 Å². The SMILES string of the molecule is O=C(Nc1nc(CN2CCOCC2)cs1)C1=NOC(c2ccccc2)C1. The number of aromatic nitrogens is 1. The normalized spacial score (nSPS) is 20.5. The first-order valence-electron chi connectivity index (χ1n) is 8.61. The Hall–Kier alpha value is -2.29. The number of hydrogen-bond acceptors (Lipinski definition) is 7. The van der Waals surface area contributed by atoms with Crippen molar-refractivity contribution in [2.45, 2.75) is 19.1 Å². The molecular formula is C18H20N4O3S. The summed E-state index contributed by atoms with van der Waals surface area (Å²) in [4.78, 5) is 24.6. The largest absolute Gasteiger partial charge is 0.387 e. The average molecular weight is 372 g/mol. The van der Waals surface area contributed by atoms with Crippen LogP contribution in [0.4, 0.5) is 5.13 Å². The molecule has 8 heteroatoms. The van der Waals surface area contributed by atoms with Crippen molar-refractivity contribution >= 4 is 28.1 Å². The number of morpholine rings is 1. The zero-order valence-electron chi connectivity index (χ0n) is 14.3. The summed E-state index contributed by atoms with van der Waals surface area (Å²) >= 11 is 1.43. The molecule has 1 N–H and O–H groups in total. The fraction of sp³-hybridized carbons (Fsp3) is 0.389. The van der Waals surface area contributed by atoms with Gasteiger partial charge in [-0.15, -0.1) is 11.3 Å². The van der Waals surface area contributed by atoms with Crippen LogP contribution in [-0.4, -0.2) is 47.8 Å². The number of anilines is 1. The second-order valence-corrected chi connectivity index (χ2v) is 7.09. The summed E-state index contributed by atoms with van der Waals surface area (Å²) in [5.41, 5.74) is 2.36. The summed E-state index contributed by atoms with van der Waals surface area (Å²) < 4.78 is 5.35. The van der Waals surface area contributed by atoms with Crippen LogP contribution in [0.2, 0.25) is 0 Å². The first-order valence-corrected chi connectivity index (χ1v) is 9.49. The van der Waals surface area contributed by atoms with Gasteiger partial charge >= 0.3 is 0 Å². The number of thiazole rings is 1. The highest BCUT2D eigenvalue weighted by Gasteiger charge is 2.27. The third-order valence-corrected chi connectivity index (χ3v) is 5.17. The molecule has 26 heavy (non-hydrogen) atoms. The van der Waals surface area contributed by atoms with Gasteiger partial charge in [0.2, 0.25) is 0 Å². The van der Waals surface area contributed by atoms with Gasteiger partial charge in [0.05, 0.1) is 18.9 Å². The molecule has 1 saturated heterocycles. The average Bonchev–Trinajstić information content (AvgIpc) is 3.33. The van der Waals surface area contributed by atoms with E-state index < -0.39 is 0 Å². The molecule has 1 amide bonds. The third-order valence-electron chi connectivity index (χ3n) is 4.36. The zero-order valence-corrected chi connectivity index (χ0v) is 15.1. The molecule has 1 fully saturated rings. The van der Waals surface area contributed by atoms with Crippen LogP contribution >= 0.6 is 11.3 Å². The Morgan fingerprint density at radius 2 is 2.08 bits per heavy atom. The van der Waals surface area contributed by atoms with Gasteiger partial charge in [-0.2, -0.15) is 0 Å². The predicted molar refractivity (Wildman–Crippen MR) is 99.2 cm³/mol. The number of ether oxygens (including phenoxy) is 1. The highest BCUT2D eigenvalue weighted by Crippen LogP contribution is 2.27. The summed E-state index contributed by atoms with van der Waals surface area (Å²) in [5, 5.41) is 9.34.